The van der Waals surface area contributed by atoms with E-state index in [0.717, 1.165) is 22.1 Å². The molecule has 1 aromatic carbocycles. The van der Waals surface area contributed by atoms with Gasteiger partial charge in [-0.05, 0) is 32.1 Å². The van der Waals surface area contributed by atoms with Crippen LogP contribution in [0.1, 0.15) is 45.2 Å². The normalized spacial score (nSPS) is 11.3. The third-order valence-corrected chi connectivity index (χ3v) is 4.70. The summed E-state index contributed by atoms with van der Waals surface area (Å²) in [5.74, 6) is 2.89. The lowest BCUT2D eigenvalue weighted by atomic mass is 9.97. The zero-order chi connectivity index (χ0) is 18.7. The van der Waals surface area contributed by atoms with Crippen molar-refractivity contribution < 1.29 is 14.2 Å². The van der Waals surface area contributed by atoms with Crippen molar-refractivity contribution in [3.05, 3.63) is 11.6 Å². The van der Waals surface area contributed by atoms with Crippen molar-refractivity contribution in [1.82, 2.24) is 14.8 Å². The number of hydrogen-bond acceptors (Lipinski definition) is 6. The first-order valence-electron chi connectivity index (χ1n) is 8.23. The van der Waals surface area contributed by atoms with Crippen molar-refractivity contribution >= 4 is 11.8 Å². The molecule has 25 heavy (non-hydrogen) atoms. The summed E-state index contributed by atoms with van der Waals surface area (Å²) < 4.78 is 19.0. The van der Waals surface area contributed by atoms with E-state index in [2.05, 4.69) is 48.5 Å². The second kappa shape index (κ2) is 7.99. The largest absolute Gasteiger partial charge is 0.492 e. The van der Waals surface area contributed by atoms with Crippen LogP contribution in [0.5, 0.6) is 17.2 Å². The van der Waals surface area contributed by atoms with Gasteiger partial charge in [-0.3, -0.25) is 4.57 Å². The van der Waals surface area contributed by atoms with E-state index in [9.17, 15) is 0 Å². The van der Waals surface area contributed by atoms with E-state index in [1.54, 1.807) is 33.1 Å². The number of rotatable bonds is 7. The van der Waals surface area contributed by atoms with Gasteiger partial charge in [0.25, 0.3) is 0 Å². The van der Waals surface area contributed by atoms with Gasteiger partial charge >= 0.3 is 0 Å². The predicted octanol–water partition coefficient (Wildman–Crippen LogP) is 4.40. The van der Waals surface area contributed by atoms with Crippen LogP contribution in [0.2, 0.25) is 0 Å². The van der Waals surface area contributed by atoms with Crippen molar-refractivity contribution in [2.45, 2.75) is 44.8 Å². The van der Waals surface area contributed by atoms with E-state index in [1.165, 1.54) is 0 Å². The summed E-state index contributed by atoms with van der Waals surface area (Å²) in [7, 11) is 4.89. The highest BCUT2D eigenvalue weighted by molar-refractivity contribution is 7.98. The molecule has 0 fully saturated rings. The van der Waals surface area contributed by atoms with Crippen LogP contribution in [0.25, 0.3) is 11.4 Å². The smallest absolute Gasteiger partial charge is 0.204 e. The first-order valence-corrected chi connectivity index (χ1v) is 9.45. The second-order valence-corrected chi connectivity index (χ2v) is 7.02. The lowest BCUT2D eigenvalue weighted by molar-refractivity contribution is 0.322. The highest BCUT2D eigenvalue weighted by Crippen LogP contribution is 2.48. The third-order valence-electron chi connectivity index (χ3n) is 4.06. The van der Waals surface area contributed by atoms with Crippen LogP contribution in [0.3, 0.4) is 0 Å². The fourth-order valence-corrected chi connectivity index (χ4v) is 3.52. The van der Waals surface area contributed by atoms with Crippen LogP contribution in [-0.2, 0) is 0 Å². The van der Waals surface area contributed by atoms with Crippen molar-refractivity contribution in [2.75, 3.05) is 27.6 Å². The molecule has 0 atom stereocenters. The standard InChI is InChI=1S/C18H27N3O3S/c1-10(2)12-9-13(15(23-6)16(24-7)14(12)22-5)17-19-20-18(25-8)21(17)11(3)4/h9-11H,1-8H3. The molecule has 0 saturated carbocycles. The van der Waals surface area contributed by atoms with Crippen LogP contribution < -0.4 is 14.2 Å². The summed E-state index contributed by atoms with van der Waals surface area (Å²) in [6.45, 7) is 8.47. The van der Waals surface area contributed by atoms with Gasteiger partial charge < -0.3 is 14.2 Å². The van der Waals surface area contributed by atoms with Gasteiger partial charge in [0.1, 0.15) is 0 Å². The number of hydrogen-bond donors (Lipinski definition) is 0. The minimum Gasteiger partial charge on any atom is -0.492 e. The summed E-state index contributed by atoms with van der Waals surface area (Å²) in [4.78, 5) is 0. The lowest BCUT2D eigenvalue weighted by Crippen LogP contribution is -2.07. The quantitative estimate of drug-likeness (QED) is 0.678. The van der Waals surface area contributed by atoms with E-state index in [-0.39, 0.29) is 12.0 Å². The Morgan fingerprint density at radius 2 is 1.52 bits per heavy atom. The number of methoxy groups -OCH3 is 3. The Morgan fingerprint density at radius 1 is 0.920 bits per heavy atom. The Balaban J connectivity index is 2.86. The van der Waals surface area contributed by atoms with Crippen LogP contribution in [0, 0.1) is 0 Å². The zero-order valence-corrected chi connectivity index (χ0v) is 17.0. The fourth-order valence-electron chi connectivity index (χ4n) is 2.90. The van der Waals surface area contributed by atoms with Gasteiger partial charge in [-0.2, -0.15) is 0 Å². The second-order valence-electron chi connectivity index (χ2n) is 6.24. The van der Waals surface area contributed by atoms with Crippen LogP contribution in [0.4, 0.5) is 0 Å². The van der Waals surface area contributed by atoms with E-state index in [4.69, 9.17) is 14.2 Å². The molecule has 0 N–H and O–H groups in total. The van der Waals surface area contributed by atoms with Gasteiger partial charge in [-0.1, -0.05) is 25.6 Å². The average molecular weight is 365 g/mol. The minimum atomic E-state index is 0.216. The van der Waals surface area contributed by atoms with Crippen LogP contribution >= 0.6 is 11.8 Å². The van der Waals surface area contributed by atoms with Crippen molar-refractivity contribution in [3.63, 3.8) is 0 Å². The van der Waals surface area contributed by atoms with Gasteiger partial charge in [0.05, 0.1) is 26.9 Å². The molecule has 2 aromatic rings. The third kappa shape index (κ3) is 3.42. The Hall–Kier alpha value is -1.89. The number of thioether (sulfide) groups is 1. The van der Waals surface area contributed by atoms with Crippen molar-refractivity contribution in [2.24, 2.45) is 0 Å². The molecule has 0 amide bonds. The summed E-state index contributed by atoms with van der Waals surface area (Å²) in [5.41, 5.74) is 1.89. The minimum absolute atomic E-state index is 0.216. The fraction of sp³-hybridized carbons (Fsp3) is 0.556. The van der Waals surface area contributed by atoms with Gasteiger partial charge in [0, 0.05) is 11.6 Å². The molecule has 7 heteroatoms. The monoisotopic (exact) mass is 365 g/mol. The first kappa shape index (κ1) is 19.4. The van der Waals surface area contributed by atoms with Gasteiger partial charge in [0.2, 0.25) is 5.75 Å². The number of benzene rings is 1. The molecular formula is C18H27N3O3S. The van der Waals surface area contributed by atoms with E-state index in [0.29, 0.717) is 17.2 Å². The molecular weight excluding hydrogens is 338 g/mol. The zero-order valence-electron chi connectivity index (χ0n) is 16.2. The number of aromatic nitrogens is 3. The summed E-state index contributed by atoms with van der Waals surface area (Å²) in [6, 6.07) is 2.28. The van der Waals surface area contributed by atoms with E-state index in [1.807, 2.05) is 6.26 Å². The molecule has 138 valence electrons. The highest BCUT2D eigenvalue weighted by Gasteiger charge is 2.27. The van der Waals surface area contributed by atoms with Gasteiger partial charge in [-0.25, -0.2) is 0 Å². The molecule has 0 aliphatic rings. The maximum absolute atomic E-state index is 5.68. The molecule has 1 aromatic heterocycles. The topological polar surface area (TPSA) is 58.4 Å². The van der Waals surface area contributed by atoms with Gasteiger partial charge in [0.15, 0.2) is 22.5 Å². The van der Waals surface area contributed by atoms with Crippen molar-refractivity contribution in [3.8, 4) is 28.6 Å². The first-order chi connectivity index (χ1) is 11.9. The maximum Gasteiger partial charge on any atom is 0.204 e. The average Bonchev–Trinajstić information content (AvgIpc) is 3.03. The molecule has 6 nitrogen and oxygen atoms in total. The number of nitrogens with zero attached hydrogens (tertiary/aromatic N) is 3. The molecule has 0 unspecified atom stereocenters. The molecule has 0 spiro atoms. The molecule has 0 bridgehead atoms. The van der Waals surface area contributed by atoms with Crippen LogP contribution in [-0.4, -0.2) is 42.3 Å². The van der Waals surface area contributed by atoms with E-state index >= 15 is 0 Å². The molecule has 0 saturated heterocycles. The molecule has 0 aliphatic heterocycles. The van der Waals surface area contributed by atoms with E-state index < -0.39 is 0 Å². The van der Waals surface area contributed by atoms with Crippen molar-refractivity contribution in [1.29, 1.82) is 0 Å². The molecule has 2 rings (SSSR count). The Bertz CT molecular complexity index is 742. The Morgan fingerprint density at radius 3 is 1.96 bits per heavy atom. The number of ether oxygens (including phenoxy) is 3. The van der Waals surface area contributed by atoms with Gasteiger partial charge in [-0.15, -0.1) is 10.2 Å². The predicted molar refractivity (Wildman–Crippen MR) is 101 cm³/mol. The summed E-state index contributed by atoms with van der Waals surface area (Å²) >= 11 is 1.57. The molecule has 1 heterocycles. The highest BCUT2D eigenvalue weighted by atomic mass is 32.2. The summed E-state index contributed by atoms with van der Waals surface area (Å²) in [6.07, 6.45) is 2.00. The van der Waals surface area contributed by atoms with Crippen LogP contribution in [0.15, 0.2) is 11.2 Å². The maximum atomic E-state index is 5.68. The molecule has 0 aliphatic carbocycles. The molecule has 0 radical (unpaired) electrons. The lowest BCUT2D eigenvalue weighted by Gasteiger charge is -2.21. The SMILES string of the molecule is COc1c(-c2nnc(SC)n2C(C)C)cc(C(C)C)c(OC)c1OC. The summed E-state index contributed by atoms with van der Waals surface area (Å²) in [5, 5.41) is 9.63. The Labute approximate surface area is 153 Å². The Kier molecular flexibility index (Phi) is 6.21.